The van der Waals surface area contributed by atoms with Crippen LogP contribution in [0.4, 0.5) is 5.69 Å². The smallest absolute Gasteiger partial charge is 0.150 e. The summed E-state index contributed by atoms with van der Waals surface area (Å²) in [5, 5.41) is 0. The van der Waals surface area contributed by atoms with E-state index in [2.05, 4.69) is 52.5 Å². The Bertz CT molecular complexity index is 502. The minimum Gasteiger partial charge on any atom is -0.364 e. The molecule has 19 heavy (non-hydrogen) atoms. The highest BCUT2D eigenvalue weighted by atomic mass is 16.1. The molecule has 0 N–H and O–H groups in total. The molecule has 2 heteroatoms. The molecule has 1 aliphatic heterocycles. The maximum atomic E-state index is 11.1. The van der Waals surface area contributed by atoms with E-state index in [0.29, 0.717) is 12.0 Å². The third kappa shape index (κ3) is 2.29. The van der Waals surface area contributed by atoms with E-state index < -0.39 is 0 Å². The van der Waals surface area contributed by atoms with E-state index in [4.69, 9.17) is 0 Å². The number of benzene rings is 1. The second-order valence-corrected chi connectivity index (χ2v) is 6.77. The lowest BCUT2D eigenvalue weighted by atomic mass is 9.78. The number of aryl methyl sites for hydroxylation is 1. The van der Waals surface area contributed by atoms with Gasteiger partial charge >= 0.3 is 0 Å². The van der Waals surface area contributed by atoms with Gasteiger partial charge in [-0.2, -0.15) is 0 Å². The van der Waals surface area contributed by atoms with Gasteiger partial charge in [-0.05, 0) is 70.2 Å². The summed E-state index contributed by atoms with van der Waals surface area (Å²) < 4.78 is 0. The summed E-state index contributed by atoms with van der Waals surface area (Å²) in [6.07, 6.45) is 2.08. The minimum atomic E-state index is 0.161. The van der Waals surface area contributed by atoms with Crippen molar-refractivity contribution in [2.24, 2.45) is 0 Å². The summed E-state index contributed by atoms with van der Waals surface area (Å²) in [7, 11) is 0. The van der Waals surface area contributed by atoms with Crippen molar-refractivity contribution in [1.29, 1.82) is 0 Å². The molecule has 0 saturated carbocycles. The van der Waals surface area contributed by atoms with Gasteiger partial charge < -0.3 is 4.90 Å². The van der Waals surface area contributed by atoms with E-state index in [1.165, 1.54) is 16.8 Å². The Morgan fingerprint density at radius 1 is 1.37 bits per heavy atom. The third-order valence-electron chi connectivity index (χ3n) is 4.23. The lowest BCUT2D eigenvalue weighted by Crippen LogP contribution is -2.52. The van der Waals surface area contributed by atoms with E-state index in [9.17, 15) is 4.79 Å². The minimum absolute atomic E-state index is 0.161. The van der Waals surface area contributed by atoms with Crippen molar-refractivity contribution < 1.29 is 4.79 Å². The largest absolute Gasteiger partial charge is 0.364 e. The molecule has 0 aromatic heterocycles. The van der Waals surface area contributed by atoms with Gasteiger partial charge in [0.2, 0.25) is 0 Å². The summed E-state index contributed by atoms with van der Waals surface area (Å²) in [5.74, 6) is 0.499. The quantitative estimate of drug-likeness (QED) is 0.738. The van der Waals surface area contributed by atoms with Gasteiger partial charge in [-0.3, -0.25) is 4.79 Å². The highest BCUT2D eigenvalue weighted by molar-refractivity contribution is 5.79. The molecule has 0 radical (unpaired) electrons. The number of hydrogen-bond donors (Lipinski definition) is 0. The van der Waals surface area contributed by atoms with Gasteiger partial charge in [-0.15, -0.1) is 0 Å². The Morgan fingerprint density at radius 3 is 2.53 bits per heavy atom. The fourth-order valence-electron chi connectivity index (χ4n) is 3.83. The molecule has 1 atom stereocenters. The van der Waals surface area contributed by atoms with Crippen LogP contribution in [0.5, 0.6) is 0 Å². The number of hydrogen-bond acceptors (Lipinski definition) is 2. The van der Waals surface area contributed by atoms with E-state index >= 15 is 0 Å². The zero-order chi connectivity index (χ0) is 14.4. The standard InChI is InChI=1S/C17H25NO/c1-11(2)18-16-12(3)7-14(10-19)8-15(16)13(4)9-17(18,5)6/h7-8,10-11,13H,9H2,1-6H3. The number of anilines is 1. The molecule has 2 nitrogen and oxygen atoms in total. The zero-order valence-corrected chi connectivity index (χ0v) is 12.9. The third-order valence-corrected chi connectivity index (χ3v) is 4.23. The van der Waals surface area contributed by atoms with Crippen LogP contribution in [0.15, 0.2) is 12.1 Å². The van der Waals surface area contributed by atoms with Gasteiger partial charge in [-0.25, -0.2) is 0 Å². The van der Waals surface area contributed by atoms with E-state index in [1.807, 2.05) is 6.07 Å². The molecule has 1 aliphatic rings. The van der Waals surface area contributed by atoms with Crippen LogP contribution in [-0.2, 0) is 0 Å². The second kappa shape index (κ2) is 4.66. The predicted octanol–water partition coefficient (Wildman–Crippen LogP) is 4.31. The Hall–Kier alpha value is -1.31. The first-order chi connectivity index (χ1) is 8.77. The molecule has 1 aromatic rings. The molecular weight excluding hydrogens is 234 g/mol. The van der Waals surface area contributed by atoms with Gasteiger partial charge in [0.05, 0.1) is 0 Å². The van der Waals surface area contributed by atoms with E-state index in [-0.39, 0.29) is 5.54 Å². The second-order valence-electron chi connectivity index (χ2n) is 6.77. The number of fused-ring (bicyclic) bond motifs is 1. The Balaban J connectivity index is 2.69. The first-order valence-corrected chi connectivity index (χ1v) is 7.17. The summed E-state index contributed by atoms with van der Waals surface area (Å²) in [6, 6.07) is 4.54. The van der Waals surface area contributed by atoms with Crippen LogP contribution in [0.25, 0.3) is 0 Å². The van der Waals surface area contributed by atoms with E-state index in [1.54, 1.807) is 0 Å². The van der Waals surface area contributed by atoms with Crippen molar-refractivity contribution in [3.05, 3.63) is 28.8 Å². The van der Waals surface area contributed by atoms with Gasteiger partial charge in [0.25, 0.3) is 0 Å². The van der Waals surface area contributed by atoms with Gasteiger partial charge in [0, 0.05) is 22.8 Å². The maximum Gasteiger partial charge on any atom is 0.150 e. The highest BCUT2D eigenvalue weighted by Crippen LogP contribution is 2.46. The lowest BCUT2D eigenvalue weighted by Gasteiger charge is -2.50. The van der Waals surface area contributed by atoms with Crippen molar-refractivity contribution in [3.63, 3.8) is 0 Å². The first-order valence-electron chi connectivity index (χ1n) is 7.17. The van der Waals surface area contributed by atoms with Crippen LogP contribution in [0, 0.1) is 6.92 Å². The SMILES string of the molecule is Cc1cc(C=O)cc2c1N(C(C)C)C(C)(C)CC2C. The van der Waals surface area contributed by atoms with Gasteiger partial charge in [-0.1, -0.05) is 6.92 Å². The summed E-state index contributed by atoms with van der Waals surface area (Å²) in [5.41, 5.74) is 4.84. The monoisotopic (exact) mass is 259 g/mol. The van der Waals surface area contributed by atoms with Crippen LogP contribution in [-0.4, -0.2) is 17.9 Å². The molecule has 0 saturated heterocycles. The Kier molecular flexibility index (Phi) is 3.46. The fraction of sp³-hybridized carbons (Fsp3) is 0.588. The van der Waals surface area contributed by atoms with Crippen LogP contribution in [0.1, 0.15) is 68.4 Å². The number of rotatable bonds is 2. The maximum absolute atomic E-state index is 11.1. The zero-order valence-electron chi connectivity index (χ0n) is 12.9. The molecule has 1 aromatic carbocycles. The topological polar surface area (TPSA) is 20.3 Å². The normalized spacial score (nSPS) is 21.4. The number of carbonyl (C=O) groups excluding carboxylic acids is 1. The van der Waals surface area contributed by atoms with Crippen molar-refractivity contribution in [1.82, 2.24) is 0 Å². The predicted molar refractivity (Wildman–Crippen MR) is 81.3 cm³/mol. The molecule has 0 fully saturated rings. The number of aldehydes is 1. The lowest BCUT2D eigenvalue weighted by molar-refractivity contribution is 0.112. The highest BCUT2D eigenvalue weighted by Gasteiger charge is 2.38. The van der Waals surface area contributed by atoms with Crippen LogP contribution in [0.3, 0.4) is 0 Å². The van der Waals surface area contributed by atoms with Crippen molar-refractivity contribution in [2.45, 2.75) is 65.5 Å². The molecule has 0 aliphatic carbocycles. The average Bonchev–Trinajstić information content (AvgIpc) is 2.28. The number of nitrogens with zero attached hydrogens (tertiary/aromatic N) is 1. The average molecular weight is 259 g/mol. The Morgan fingerprint density at radius 2 is 2.00 bits per heavy atom. The molecular formula is C17H25NO. The molecule has 1 heterocycles. The molecule has 104 valence electrons. The molecule has 0 amide bonds. The van der Waals surface area contributed by atoms with Crippen LogP contribution in [0.2, 0.25) is 0 Å². The number of carbonyl (C=O) groups is 1. The fourth-order valence-corrected chi connectivity index (χ4v) is 3.83. The summed E-state index contributed by atoms with van der Waals surface area (Å²) in [6.45, 7) is 13.5. The van der Waals surface area contributed by atoms with Gasteiger partial charge in [0.1, 0.15) is 6.29 Å². The molecule has 0 bridgehead atoms. The molecule has 2 rings (SSSR count). The molecule has 1 unspecified atom stereocenters. The first kappa shape index (κ1) is 14.1. The summed E-state index contributed by atoms with van der Waals surface area (Å²) >= 11 is 0. The summed E-state index contributed by atoms with van der Waals surface area (Å²) in [4.78, 5) is 13.6. The van der Waals surface area contributed by atoms with Crippen molar-refractivity contribution in [3.8, 4) is 0 Å². The van der Waals surface area contributed by atoms with Crippen molar-refractivity contribution >= 4 is 12.0 Å². The molecule has 0 spiro atoms. The van der Waals surface area contributed by atoms with E-state index in [0.717, 1.165) is 18.3 Å². The van der Waals surface area contributed by atoms with Crippen molar-refractivity contribution in [2.75, 3.05) is 4.90 Å². The van der Waals surface area contributed by atoms with Crippen LogP contribution < -0.4 is 4.90 Å². The van der Waals surface area contributed by atoms with Gasteiger partial charge in [0.15, 0.2) is 0 Å². The Labute approximate surface area is 116 Å². The van der Waals surface area contributed by atoms with Crippen LogP contribution >= 0.6 is 0 Å².